The molecule has 1 saturated heterocycles. The Morgan fingerprint density at radius 1 is 1.67 bits per heavy atom. The number of carbonyl (C=O) groups excluding carboxylic acids is 1. The van der Waals surface area contributed by atoms with Crippen LogP contribution in [0.3, 0.4) is 0 Å². The van der Waals surface area contributed by atoms with Crippen molar-refractivity contribution in [1.82, 2.24) is 4.98 Å². The average molecular weight is 227 g/mol. The fraction of sp³-hybridized carbons (Fsp3) is 0.400. The van der Waals surface area contributed by atoms with Gasteiger partial charge >= 0.3 is 0 Å². The summed E-state index contributed by atoms with van der Waals surface area (Å²) >= 11 is 5.70. The van der Waals surface area contributed by atoms with Gasteiger partial charge in [-0.05, 0) is 18.6 Å². The smallest absolute Gasteiger partial charge is 0.229 e. The van der Waals surface area contributed by atoms with Gasteiger partial charge in [-0.3, -0.25) is 4.79 Å². The SMILES string of the molecule is O=C(Nc1ccnc(Cl)c1)[C@H]1CCOC1. The van der Waals surface area contributed by atoms with Crippen LogP contribution in [0.1, 0.15) is 6.42 Å². The monoisotopic (exact) mass is 226 g/mol. The van der Waals surface area contributed by atoms with Crippen molar-refractivity contribution >= 4 is 23.2 Å². The number of anilines is 1. The van der Waals surface area contributed by atoms with Crippen LogP contribution in [0.5, 0.6) is 0 Å². The molecular weight excluding hydrogens is 216 g/mol. The lowest BCUT2D eigenvalue weighted by atomic mass is 10.1. The topological polar surface area (TPSA) is 51.2 Å². The van der Waals surface area contributed by atoms with Gasteiger partial charge in [0.15, 0.2) is 0 Å². The number of halogens is 1. The predicted molar refractivity (Wildman–Crippen MR) is 56.8 cm³/mol. The molecule has 80 valence electrons. The summed E-state index contributed by atoms with van der Waals surface area (Å²) in [5.74, 6) is -0.0632. The van der Waals surface area contributed by atoms with Crippen LogP contribution < -0.4 is 5.32 Å². The van der Waals surface area contributed by atoms with Gasteiger partial charge in [0, 0.05) is 18.5 Å². The van der Waals surface area contributed by atoms with Crippen molar-refractivity contribution < 1.29 is 9.53 Å². The van der Waals surface area contributed by atoms with Gasteiger partial charge in [0.2, 0.25) is 5.91 Å². The molecule has 0 unspecified atom stereocenters. The number of rotatable bonds is 2. The highest BCUT2D eigenvalue weighted by atomic mass is 35.5. The van der Waals surface area contributed by atoms with E-state index in [1.807, 2.05) is 0 Å². The second-order valence-corrected chi connectivity index (χ2v) is 3.80. The molecule has 1 aromatic rings. The number of aromatic nitrogens is 1. The highest BCUT2D eigenvalue weighted by Gasteiger charge is 2.23. The van der Waals surface area contributed by atoms with E-state index in [4.69, 9.17) is 16.3 Å². The number of amides is 1. The van der Waals surface area contributed by atoms with Crippen LogP contribution in [0.2, 0.25) is 5.15 Å². The molecule has 0 spiro atoms. The zero-order valence-electron chi connectivity index (χ0n) is 8.07. The number of nitrogens with one attached hydrogen (secondary N) is 1. The van der Waals surface area contributed by atoms with E-state index in [1.54, 1.807) is 18.3 Å². The third-order valence-corrected chi connectivity index (χ3v) is 2.50. The Balaban J connectivity index is 1.99. The van der Waals surface area contributed by atoms with Gasteiger partial charge in [-0.25, -0.2) is 4.98 Å². The minimum absolute atomic E-state index is 0.0187. The number of carbonyl (C=O) groups is 1. The normalized spacial score (nSPS) is 20.2. The summed E-state index contributed by atoms with van der Waals surface area (Å²) in [6, 6.07) is 3.33. The van der Waals surface area contributed by atoms with Crippen molar-refractivity contribution in [2.24, 2.45) is 5.92 Å². The summed E-state index contributed by atoms with van der Waals surface area (Å²) in [5, 5.41) is 3.15. The van der Waals surface area contributed by atoms with Gasteiger partial charge in [0.25, 0.3) is 0 Å². The molecule has 2 rings (SSSR count). The van der Waals surface area contributed by atoms with E-state index in [1.165, 1.54) is 0 Å². The van der Waals surface area contributed by atoms with Crippen molar-refractivity contribution in [1.29, 1.82) is 0 Å². The Morgan fingerprint density at radius 2 is 2.53 bits per heavy atom. The van der Waals surface area contributed by atoms with E-state index in [0.717, 1.165) is 6.42 Å². The lowest BCUT2D eigenvalue weighted by molar-refractivity contribution is -0.119. The quantitative estimate of drug-likeness (QED) is 0.782. The Labute approximate surface area is 92.6 Å². The predicted octanol–water partition coefficient (Wildman–Crippen LogP) is 1.71. The van der Waals surface area contributed by atoms with Gasteiger partial charge in [-0.2, -0.15) is 0 Å². The molecule has 1 aromatic heterocycles. The molecule has 0 saturated carbocycles. The van der Waals surface area contributed by atoms with Crippen LogP contribution in [0.25, 0.3) is 0 Å². The van der Waals surface area contributed by atoms with Gasteiger partial charge in [0.05, 0.1) is 12.5 Å². The summed E-state index contributed by atoms with van der Waals surface area (Å²) in [7, 11) is 0. The van der Waals surface area contributed by atoms with Crippen LogP contribution >= 0.6 is 11.6 Å². The molecule has 0 aliphatic carbocycles. The van der Waals surface area contributed by atoms with Crippen LogP contribution in [0.4, 0.5) is 5.69 Å². The standard InChI is InChI=1S/C10H11ClN2O2/c11-9-5-8(1-3-12-9)13-10(14)7-2-4-15-6-7/h1,3,5,7H,2,4,6H2,(H,12,13,14)/t7-/m0/s1. The highest BCUT2D eigenvalue weighted by molar-refractivity contribution is 6.29. The third-order valence-electron chi connectivity index (χ3n) is 2.29. The maximum absolute atomic E-state index is 11.7. The zero-order valence-corrected chi connectivity index (χ0v) is 8.83. The van der Waals surface area contributed by atoms with E-state index < -0.39 is 0 Å². The van der Waals surface area contributed by atoms with Crippen LogP contribution in [0, 0.1) is 5.92 Å². The first-order chi connectivity index (χ1) is 7.25. The number of hydrogen-bond acceptors (Lipinski definition) is 3. The van der Waals surface area contributed by atoms with Crippen LogP contribution in [-0.2, 0) is 9.53 Å². The second-order valence-electron chi connectivity index (χ2n) is 3.42. The molecule has 5 heteroatoms. The lowest BCUT2D eigenvalue weighted by Gasteiger charge is -2.08. The maximum Gasteiger partial charge on any atom is 0.229 e. The van der Waals surface area contributed by atoms with Crippen molar-refractivity contribution in [3.8, 4) is 0 Å². The first-order valence-electron chi connectivity index (χ1n) is 4.76. The third kappa shape index (κ3) is 2.67. The van der Waals surface area contributed by atoms with Gasteiger partial charge in [-0.1, -0.05) is 11.6 Å². The first-order valence-corrected chi connectivity index (χ1v) is 5.13. The van der Waals surface area contributed by atoms with Gasteiger partial charge in [0.1, 0.15) is 5.15 Å². The highest BCUT2D eigenvalue weighted by Crippen LogP contribution is 2.17. The molecule has 1 atom stereocenters. The number of ether oxygens (including phenoxy) is 1. The summed E-state index contributed by atoms with van der Waals surface area (Å²) in [6.07, 6.45) is 2.34. The Morgan fingerprint density at radius 3 is 3.20 bits per heavy atom. The number of pyridine rings is 1. The van der Waals surface area contributed by atoms with E-state index in [2.05, 4.69) is 10.3 Å². The molecule has 1 fully saturated rings. The lowest BCUT2D eigenvalue weighted by Crippen LogP contribution is -2.22. The fourth-order valence-corrected chi connectivity index (χ4v) is 1.64. The van der Waals surface area contributed by atoms with E-state index in [9.17, 15) is 4.79 Å². The summed E-state index contributed by atoms with van der Waals surface area (Å²) in [6.45, 7) is 1.17. The molecule has 1 N–H and O–H groups in total. The Kier molecular flexibility index (Phi) is 3.18. The van der Waals surface area contributed by atoms with E-state index in [-0.39, 0.29) is 11.8 Å². The van der Waals surface area contributed by atoms with E-state index >= 15 is 0 Å². The van der Waals surface area contributed by atoms with Crippen molar-refractivity contribution in [2.75, 3.05) is 18.5 Å². The molecule has 0 aromatic carbocycles. The fourth-order valence-electron chi connectivity index (χ4n) is 1.47. The summed E-state index contributed by atoms with van der Waals surface area (Å²) in [5.41, 5.74) is 0.673. The van der Waals surface area contributed by atoms with Gasteiger partial charge < -0.3 is 10.1 Å². The molecule has 1 aliphatic rings. The molecular formula is C10H11ClN2O2. The Bertz CT molecular complexity index is 364. The van der Waals surface area contributed by atoms with Crippen LogP contribution in [0.15, 0.2) is 18.3 Å². The average Bonchev–Trinajstić information content (AvgIpc) is 2.70. The first kappa shape index (κ1) is 10.4. The van der Waals surface area contributed by atoms with Crippen molar-refractivity contribution in [3.63, 3.8) is 0 Å². The van der Waals surface area contributed by atoms with Crippen molar-refractivity contribution in [3.05, 3.63) is 23.5 Å². The largest absolute Gasteiger partial charge is 0.381 e. The van der Waals surface area contributed by atoms with Crippen molar-refractivity contribution in [2.45, 2.75) is 6.42 Å². The molecule has 2 heterocycles. The minimum atomic E-state index is -0.0445. The maximum atomic E-state index is 11.7. The summed E-state index contributed by atoms with van der Waals surface area (Å²) < 4.78 is 5.14. The molecule has 15 heavy (non-hydrogen) atoms. The number of nitrogens with zero attached hydrogens (tertiary/aromatic N) is 1. The molecule has 1 aliphatic heterocycles. The molecule has 1 amide bonds. The summed E-state index contributed by atoms with van der Waals surface area (Å²) in [4.78, 5) is 15.5. The molecule has 0 bridgehead atoms. The molecule has 4 nitrogen and oxygen atoms in total. The second kappa shape index (κ2) is 4.59. The van der Waals surface area contributed by atoms with Crippen LogP contribution in [-0.4, -0.2) is 24.1 Å². The Hall–Kier alpha value is -1.13. The number of hydrogen-bond donors (Lipinski definition) is 1. The minimum Gasteiger partial charge on any atom is -0.381 e. The van der Waals surface area contributed by atoms with E-state index in [0.29, 0.717) is 24.1 Å². The zero-order chi connectivity index (χ0) is 10.7. The van der Waals surface area contributed by atoms with Gasteiger partial charge in [-0.15, -0.1) is 0 Å². The molecule has 0 radical (unpaired) electrons.